The third kappa shape index (κ3) is 9.16. The molecule has 9 heteroatoms. The highest BCUT2D eigenvalue weighted by molar-refractivity contribution is 6.30. The molecular formula is C18H24ClFN4O3. The first-order valence-electron chi connectivity index (χ1n) is 8.43. The van der Waals surface area contributed by atoms with Gasteiger partial charge >= 0.3 is 0 Å². The third-order valence-corrected chi connectivity index (χ3v) is 3.66. The lowest BCUT2D eigenvalue weighted by Gasteiger charge is -2.19. The van der Waals surface area contributed by atoms with Gasteiger partial charge in [-0.1, -0.05) is 31.5 Å². The molecule has 0 fully saturated rings. The number of carbonyl (C=O) groups is 3. The lowest BCUT2D eigenvalue weighted by molar-refractivity contribution is -0.128. The fourth-order valence-electron chi connectivity index (χ4n) is 2.15. The van der Waals surface area contributed by atoms with Gasteiger partial charge in [0.1, 0.15) is 11.9 Å². The molecule has 3 amide bonds. The molecule has 1 aromatic carbocycles. The molecular weight excluding hydrogens is 375 g/mol. The van der Waals surface area contributed by atoms with Gasteiger partial charge in [0.2, 0.25) is 11.8 Å². The minimum absolute atomic E-state index is 0.0663. The van der Waals surface area contributed by atoms with E-state index in [1.165, 1.54) is 18.2 Å². The van der Waals surface area contributed by atoms with E-state index in [1.807, 2.05) is 13.8 Å². The zero-order chi connectivity index (χ0) is 20.4. The molecule has 0 bridgehead atoms. The molecule has 0 aliphatic heterocycles. The predicted octanol–water partition coefficient (Wildman–Crippen LogP) is 1.52. The Kier molecular flexibility index (Phi) is 9.46. The van der Waals surface area contributed by atoms with E-state index in [4.69, 9.17) is 17.3 Å². The number of hydrogen-bond donors (Lipinski definition) is 4. The summed E-state index contributed by atoms with van der Waals surface area (Å²) in [5.41, 5.74) is 10.2. The zero-order valence-electron chi connectivity index (χ0n) is 15.2. The van der Waals surface area contributed by atoms with Crippen molar-refractivity contribution < 1.29 is 18.8 Å². The van der Waals surface area contributed by atoms with E-state index in [0.29, 0.717) is 6.42 Å². The van der Waals surface area contributed by atoms with E-state index in [0.717, 1.165) is 12.1 Å². The second-order valence-electron chi connectivity index (χ2n) is 6.32. The maximum atomic E-state index is 13.7. The van der Waals surface area contributed by atoms with Crippen LogP contribution < -0.4 is 21.9 Å². The smallest absolute Gasteiger partial charge is 0.256 e. The van der Waals surface area contributed by atoms with Crippen LogP contribution in [-0.4, -0.2) is 30.3 Å². The van der Waals surface area contributed by atoms with Crippen LogP contribution in [-0.2, 0) is 14.4 Å². The SMILES string of the molecule is CC(C)C[C@H](NC(=O)/C=C/c1ccc(Cl)cc1F)C(=O)NNCCC(N)=O. The lowest BCUT2D eigenvalue weighted by atomic mass is 10.0. The van der Waals surface area contributed by atoms with Gasteiger partial charge in [0.15, 0.2) is 0 Å². The average molecular weight is 399 g/mol. The minimum atomic E-state index is -0.793. The summed E-state index contributed by atoms with van der Waals surface area (Å²) in [6, 6.07) is 3.31. The van der Waals surface area contributed by atoms with Crippen LogP contribution in [0.4, 0.5) is 4.39 Å². The highest BCUT2D eigenvalue weighted by atomic mass is 35.5. The Labute approximate surface area is 162 Å². The Bertz CT molecular complexity index is 710. The van der Waals surface area contributed by atoms with Crippen LogP contribution in [0.15, 0.2) is 24.3 Å². The number of primary amides is 1. The van der Waals surface area contributed by atoms with Gasteiger partial charge in [0, 0.05) is 29.6 Å². The van der Waals surface area contributed by atoms with E-state index in [1.54, 1.807) is 0 Å². The highest BCUT2D eigenvalue weighted by Gasteiger charge is 2.21. The number of halogens is 2. The normalized spacial score (nSPS) is 12.2. The van der Waals surface area contributed by atoms with Gasteiger partial charge in [-0.2, -0.15) is 0 Å². The van der Waals surface area contributed by atoms with E-state index < -0.39 is 29.6 Å². The monoisotopic (exact) mass is 398 g/mol. The van der Waals surface area contributed by atoms with Gasteiger partial charge in [-0.3, -0.25) is 19.8 Å². The standard InChI is InChI=1S/C18H24ClFN4O3/c1-11(2)9-15(18(27)24-22-8-7-16(21)25)23-17(26)6-4-12-3-5-13(19)10-14(12)20/h3-6,10-11,15,22H,7-9H2,1-2H3,(H2,21,25)(H,23,26)(H,24,27)/b6-4+/t15-/m0/s1. The molecule has 0 aromatic heterocycles. The first-order chi connectivity index (χ1) is 12.7. The molecule has 0 heterocycles. The summed E-state index contributed by atoms with van der Waals surface area (Å²) in [6.45, 7) is 4.00. The van der Waals surface area contributed by atoms with Crippen LogP contribution in [0.2, 0.25) is 5.02 Å². The van der Waals surface area contributed by atoms with Gasteiger partial charge < -0.3 is 11.1 Å². The van der Waals surface area contributed by atoms with Gasteiger partial charge in [-0.05, 0) is 30.5 Å². The fourth-order valence-corrected chi connectivity index (χ4v) is 2.31. The van der Waals surface area contributed by atoms with E-state index in [9.17, 15) is 18.8 Å². The number of nitrogens with one attached hydrogen (secondary N) is 3. The second-order valence-corrected chi connectivity index (χ2v) is 6.76. The molecule has 0 aliphatic rings. The first-order valence-corrected chi connectivity index (χ1v) is 8.81. The summed E-state index contributed by atoms with van der Waals surface area (Å²) in [5, 5.41) is 2.84. The highest BCUT2D eigenvalue weighted by Crippen LogP contribution is 2.15. The predicted molar refractivity (Wildman–Crippen MR) is 102 cm³/mol. The van der Waals surface area contributed by atoms with Crippen molar-refractivity contribution in [1.29, 1.82) is 0 Å². The summed E-state index contributed by atoms with van der Waals surface area (Å²) in [6.07, 6.45) is 2.92. The number of hydrazine groups is 1. The van der Waals surface area contributed by atoms with Crippen molar-refractivity contribution >= 4 is 35.4 Å². The van der Waals surface area contributed by atoms with Crippen LogP contribution in [0.5, 0.6) is 0 Å². The third-order valence-electron chi connectivity index (χ3n) is 3.42. The molecule has 1 atom stereocenters. The molecule has 0 saturated carbocycles. The summed E-state index contributed by atoms with van der Waals surface area (Å²) >= 11 is 5.68. The molecule has 0 saturated heterocycles. The number of rotatable bonds is 10. The van der Waals surface area contributed by atoms with Crippen LogP contribution in [0, 0.1) is 11.7 Å². The number of hydrogen-bond acceptors (Lipinski definition) is 4. The van der Waals surface area contributed by atoms with Crippen LogP contribution in [0.25, 0.3) is 6.08 Å². The van der Waals surface area contributed by atoms with Crippen molar-refractivity contribution in [2.24, 2.45) is 11.7 Å². The Balaban J connectivity index is 2.66. The van der Waals surface area contributed by atoms with Crippen LogP contribution in [0.1, 0.15) is 32.3 Å². The molecule has 7 nitrogen and oxygen atoms in total. The fraction of sp³-hybridized carbons (Fsp3) is 0.389. The Morgan fingerprint density at radius 3 is 2.59 bits per heavy atom. The molecule has 1 aromatic rings. The maximum absolute atomic E-state index is 13.7. The minimum Gasteiger partial charge on any atom is -0.370 e. The van der Waals surface area contributed by atoms with Gasteiger partial charge in [0.25, 0.3) is 5.91 Å². The molecule has 0 unspecified atom stereocenters. The molecule has 148 valence electrons. The van der Waals surface area contributed by atoms with Gasteiger partial charge in [0.05, 0.1) is 0 Å². The van der Waals surface area contributed by atoms with E-state index >= 15 is 0 Å². The van der Waals surface area contributed by atoms with Crippen molar-refractivity contribution in [3.05, 3.63) is 40.7 Å². The van der Waals surface area contributed by atoms with E-state index in [2.05, 4.69) is 16.2 Å². The van der Waals surface area contributed by atoms with Gasteiger partial charge in [-0.25, -0.2) is 9.82 Å². The number of amides is 3. The average Bonchev–Trinajstić information content (AvgIpc) is 2.56. The number of benzene rings is 1. The van der Waals surface area contributed by atoms with Crippen molar-refractivity contribution in [3.63, 3.8) is 0 Å². The van der Waals surface area contributed by atoms with Crippen LogP contribution in [0.3, 0.4) is 0 Å². The van der Waals surface area contributed by atoms with Crippen molar-refractivity contribution in [3.8, 4) is 0 Å². The zero-order valence-corrected chi connectivity index (χ0v) is 16.0. The Morgan fingerprint density at radius 2 is 2.00 bits per heavy atom. The molecule has 0 aliphatic carbocycles. The Morgan fingerprint density at radius 1 is 1.30 bits per heavy atom. The number of carbonyl (C=O) groups excluding carboxylic acids is 3. The number of nitrogens with two attached hydrogens (primary N) is 1. The largest absolute Gasteiger partial charge is 0.370 e. The topological polar surface area (TPSA) is 113 Å². The van der Waals surface area contributed by atoms with Gasteiger partial charge in [-0.15, -0.1) is 0 Å². The first kappa shape index (κ1) is 22.6. The Hall–Kier alpha value is -2.45. The summed E-state index contributed by atoms with van der Waals surface area (Å²) in [4.78, 5) is 35.0. The lowest BCUT2D eigenvalue weighted by Crippen LogP contribution is -2.51. The summed E-state index contributed by atoms with van der Waals surface area (Å²) in [5.74, 6) is -1.90. The molecule has 27 heavy (non-hydrogen) atoms. The maximum Gasteiger partial charge on any atom is 0.256 e. The molecule has 5 N–H and O–H groups in total. The molecule has 1 rings (SSSR count). The molecule has 0 spiro atoms. The summed E-state index contributed by atoms with van der Waals surface area (Å²) < 4.78 is 13.7. The van der Waals surface area contributed by atoms with Crippen LogP contribution >= 0.6 is 11.6 Å². The molecule has 0 radical (unpaired) electrons. The van der Waals surface area contributed by atoms with Crippen molar-refractivity contribution in [1.82, 2.24) is 16.2 Å². The second kappa shape index (κ2) is 11.3. The summed E-state index contributed by atoms with van der Waals surface area (Å²) in [7, 11) is 0. The van der Waals surface area contributed by atoms with Crippen molar-refractivity contribution in [2.75, 3.05) is 6.54 Å². The van der Waals surface area contributed by atoms with Crippen molar-refractivity contribution in [2.45, 2.75) is 32.7 Å². The quantitative estimate of drug-likeness (QED) is 0.272. The van der Waals surface area contributed by atoms with E-state index in [-0.39, 0.29) is 29.5 Å².